The van der Waals surface area contributed by atoms with Crippen molar-refractivity contribution in [3.63, 3.8) is 0 Å². The molecule has 0 atom stereocenters. The van der Waals surface area contributed by atoms with Crippen LogP contribution in [-0.2, 0) is 9.59 Å². The van der Waals surface area contributed by atoms with Crippen LogP contribution < -0.4 is 9.47 Å². The Bertz CT molecular complexity index is 750. The van der Waals surface area contributed by atoms with Crippen LogP contribution in [0, 0.1) is 3.57 Å². The summed E-state index contributed by atoms with van der Waals surface area (Å²) in [5.74, 6) is -0.363. The second-order valence-corrected chi connectivity index (χ2v) is 7.71. The molecule has 0 aliphatic carbocycles. The molecule has 2 rings (SSSR count). The first-order valence-electron chi connectivity index (χ1n) is 7.43. The van der Waals surface area contributed by atoms with E-state index in [0.29, 0.717) is 37.4 Å². The summed E-state index contributed by atoms with van der Waals surface area (Å²) in [7, 11) is 0. The van der Waals surface area contributed by atoms with Crippen LogP contribution in [0.25, 0.3) is 6.08 Å². The van der Waals surface area contributed by atoms with Crippen molar-refractivity contribution in [1.29, 1.82) is 0 Å². The molecular weight excluding hydrogens is 477 g/mol. The Balaban J connectivity index is 2.36. The van der Waals surface area contributed by atoms with E-state index < -0.39 is 12.6 Å². The lowest BCUT2D eigenvalue weighted by Crippen LogP contribution is -2.27. The zero-order valence-corrected chi connectivity index (χ0v) is 17.4. The van der Waals surface area contributed by atoms with Gasteiger partial charge in [-0.25, -0.2) is 4.79 Å². The summed E-state index contributed by atoms with van der Waals surface area (Å²) in [4.78, 5) is 25.2. The van der Waals surface area contributed by atoms with Gasteiger partial charge in [0.05, 0.1) is 15.1 Å². The molecule has 1 saturated heterocycles. The number of carboxylic acids is 1. The number of aliphatic carboxylic acids is 1. The summed E-state index contributed by atoms with van der Waals surface area (Å²) in [6, 6.07) is 3.53. The zero-order valence-electron chi connectivity index (χ0n) is 13.6. The molecule has 1 aliphatic heterocycles. The maximum Gasteiger partial charge on any atom is 0.341 e. The number of carbonyl (C=O) groups excluding carboxylic acids is 1. The number of benzene rings is 1. The fourth-order valence-corrected chi connectivity index (χ4v) is 4.30. The van der Waals surface area contributed by atoms with Crippen LogP contribution in [0.1, 0.15) is 19.4 Å². The van der Waals surface area contributed by atoms with E-state index in [1.54, 1.807) is 23.1 Å². The fraction of sp³-hybridized carbons (Fsp3) is 0.312. The lowest BCUT2D eigenvalue weighted by Gasteiger charge is -2.13. The highest BCUT2D eigenvalue weighted by Crippen LogP contribution is 2.37. The Morgan fingerprint density at radius 2 is 2.12 bits per heavy atom. The third kappa shape index (κ3) is 4.85. The second kappa shape index (κ2) is 8.86. The van der Waals surface area contributed by atoms with Crippen LogP contribution in [0.15, 0.2) is 17.0 Å². The minimum Gasteiger partial charge on any atom is -0.490 e. The molecule has 0 radical (unpaired) electrons. The van der Waals surface area contributed by atoms with Gasteiger partial charge in [0, 0.05) is 6.54 Å². The van der Waals surface area contributed by atoms with Crippen LogP contribution in [0.3, 0.4) is 0 Å². The Labute approximate surface area is 168 Å². The van der Waals surface area contributed by atoms with E-state index >= 15 is 0 Å². The fourth-order valence-electron chi connectivity index (χ4n) is 2.13. The van der Waals surface area contributed by atoms with Crippen LogP contribution >= 0.6 is 46.6 Å². The second-order valence-electron chi connectivity index (χ2n) is 4.87. The van der Waals surface area contributed by atoms with Crippen molar-refractivity contribution in [3.8, 4) is 11.5 Å². The zero-order chi connectivity index (χ0) is 18.6. The van der Waals surface area contributed by atoms with Gasteiger partial charge in [0.2, 0.25) is 0 Å². The largest absolute Gasteiger partial charge is 0.490 e. The van der Waals surface area contributed by atoms with Gasteiger partial charge < -0.3 is 14.6 Å². The topological polar surface area (TPSA) is 76.1 Å². The molecule has 1 fully saturated rings. The SMILES string of the molecule is CCOc1cc(C=C2SC(=S)N(CC)C2=O)cc(I)c1OCC(=O)O. The van der Waals surface area contributed by atoms with Crippen LogP contribution in [0.2, 0.25) is 0 Å². The van der Waals surface area contributed by atoms with E-state index in [2.05, 4.69) is 22.6 Å². The lowest BCUT2D eigenvalue weighted by molar-refractivity contribution is -0.139. The Hall–Kier alpha value is -1.33. The third-order valence-corrected chi connectivity index (χ3v) is 5.34. The third-order valence-electron chi connectivity index (χ3n) is 3.16. The average molecular weight is 493 g/mol. The van der Waals surface area contributed by atoms with E-state index in [1.807, 2.05) is 13.8 Å². The molecule has 0 bridgehead atoms. The van der Waals surface area contributed by atoms with E-state index in [0.717, 1.165) is 5.56 Å². The van der Waals surface area contributed by atoms with E-state index in [1.165, 1.54) is 11.8 Å². The van der Waals surface area contributed by atoms with E-state index in [-0.39, 0.29) is 5.91 Å². The molecule has 1 amide bonds. The molecule has 1 aromatic rings. The highest BCUT2D eigenvalue weighted by atomic mass is 127. The molecular formula is C16H16INO5S2. The average Bonchev–Trinajstić information content (AvgIpc) is 2.80. The van der Waals surface area contributed by atoms with E-state index in [9.17, 15) is 9.59 Å². The van der Waals surface area contributed by atoms with Crippen molar-refractivity contribution in [2.24, 2.45) is 0 Å². The number of carboxylic acid groups (broad SMARTS) is 1. The van der Waals surface area contributed by atoms with Gasteiger partial charge in [-0.15, -0.1) is 0 Å². The van der Waals surface area contributed by atoms with Gasteiger partial charge >= 0.3 is 5.97 Å². The van der Waals surface area contributed by atoms with Crippen molar-refractivity contribution >= 4 is 68.8 Å². The molecule has 134 valence electrons. The predicted octanol–water partition coefficient (Wildman–Crippen LogP) is 3.37. The molecule has 1 heterocycles. The number of amides is 1. The lowest BCUT2D eigenvalue weighted by atomic mass is 10.2. The normalized spacial score (nSPS) is 15.8. The number of thiocarbonyl (C=S) groups is 1. The maximum atomic E-state index is 12.3. The number of rotatable bonds is 7. The number of halogens is 1. The highest BCUT2D eigenvalue weighted by molar-refractivity contribution is 14.1. The Morgan fingerprint density at radius 3 is 2.68 bits per heavy atom. The molecule has 1 aliphatic rings. The van der Waals surface area contributed by atoms with Crippen LogP contribution in [0.4, 0.5) is 0 Å². The first-order valence-corrected chi connectivity index (χ1v) is 9.74. The summed E-state index contributed by atoms with van der Waals surface area (Å²) in [6.45, 7) is 4.18. The quantitative estimate of drug-likeness (QED) is 0.355. The molecule has 6 nitrogen and oxygen atoms in total. The highest BCUT2D eigenvalue weighted by Gasteiger charge is 2.30. The molecule has 0 unspecified atom stereocenters. The number of likely N-dealkylation sites (N-methyl/N-ethyl adjacent to an activating group) is 1. The smallest absolute Gasteiger partial charge is 0.341 e. The summed E-state index contributed by atoms with van der Waals surface area (Å²) >= 11 is 8.52. The Morgan fingerprint density at radius 1 is 1.40 bits per heavy atom. The number of carbonyl (C=O) groups is 2. The predicted molar refractivity (Wildman–Crippen MR) is 109 cm³/mol. The number of nitrogens with zero attached hydrogens (tertiary/aromatic N) is 1. The number of thioether (sulfide) groups is 1. The molecule has 1 aromatic carbocycles. The van der Waals surface area contributed by atoms with Crippen molar-refractivity contribution in [2.45, 2.75) is 13.8 Å². The van der Waals surface area contributed by atoms with Crippen molar-refractivity contribution in [2.75, 3.05) is 19.8 Å². The van der Waals surface area contributed by atoms with Gasteiger partial charge in [-0.05, 0) is 60.2 Å². The molecule has 9 heteroatoms. The molecule has 25 heavy (non-hydrogen) atoms. The van der Waals surface area contributed by atoms with Crippen molar-refractivity contribution in [1.82, 2.24) is 4.90 Å². The maximum absolute atomic E-state index is 12.3. The standard InChI is InChI=1S/C16H16INO5S2/c1-3-18-15(21)12(25-16(18)24)7-9-5-10(17)14(23-8-13(19)20)11(6-9)22-4-2/h5-7H,3-4,8H2,1-2H3,(H,19,20). The molecule has 0 spiro atoms. The van der Waals surface area contributed by atoms with Gasteiger partial charge in [0.1, 0.15) is 4.32 Å². The van der Waals surface area contributed by atoms with Gasteiger partial charge in [-0.2, -0.15) is 0 Å². The first kappa shape index (κ1) is 20.0. The first-order chi connectivity index (χ1) is 11.9. The van der Waals surface area contributed by atoms with E-state index in [4.69, 9.17) is 26.8 Å². The summed E-state index contributed by atoms with van der Waals surface area (Å²) in [5, 5.41) is 8.80. The van der Waals surface area contributed by atoms with Crippen molar-refractivity contribution < 1.29 is 24.2 Å². The minimum atomic E-state index is -1.06. The van der Waals surface area contributed by atoms with Crippen LogP contribution in [0.5, 0.6) is 11.5 Å². The summed E-state index contributed by atoms with van der Waals surface area (Å²) in [5.41, 5.74) is 0.757. The van der Waals surface area contributed by atoms with Gasteiger partial charge in [0.25, 0.3) is 5.91 Å². The van der Waals surface area contributed by atoms with Gasteiger partial charge in [-0.1, -0.05) is 24.0 Å². The molecule has 0 aromatic heterocycles. The minimum absolute atomic E-state index is 0.114. The van der Waals surface area contributed by atoms with Gasteiger partial charge in [0.15, 0.2) is 18.1 Å². The number of hydrogen-bond acceptors (Lipinski definition) is 6. The number of hydrogen-bond donors (Lipinski definition) is 1. The molecule has 0 saturated carbocycles. The van der Waals surface area contributed by atoms with Crippen molar-refractivity contribution in [3.05, 3.63) is 26.2 Å². The molecule has 1 N–H and O–H groups in total. The number of ether oxygens (including phenoxy) is 2. The summed E-state index contributed by atoms with van der Waals surface area (Å²) < 4.78 is 12.1. The van der Waals surface area contributed by atoms with Gasteiger partial charge in [-0.3, -0.25) is 9.69 Å². The Kier molecular flexibility index (Phi) is 7.08. The monoisotopic (exact) mass is 493 g/mol. The summed E-state index contributed by atoms with van der Waals surface area (Å²) in [6.07, 6.45) is 1.75. The van der Waals surface area contributed by atoms with Crippen LogP contribution in [-0.4, -0.2) is 46.0 Å².